The fourth-order valence-corrected chi connectivity index (χ4v) is 2.40. The van der Waals surface area contributed by atoms with Gasteiger partial charge in [-0.05, 0) is 13.8 Å². The van der Waals surface area contributed by atoms with Gasteiger partial charge in [0.1, 0.15) is 0 Å². The molecule has 5 nitrogen and oxygen atoms in total. The summed E-state index contributed by atoms with van der Waals surface area (Å²) >= 11 is 1.85. The van der Waals surface area contributed by atoms with Crippen molar-refractivity contribution in [3.05, 3.63) is 11.9 Å². The molecule has 0 radical (unpaired) electrons. The number of thioether (sulfide) groups is 1. The van der Waals surface area contributed by atoms with Crippen molar-refractivity contribution in [3.63, 3.8) is 0 Å². The molecule has 1 amide bonds. The molecule has 1 unspecified atom stereocenters. The van der Waals surface area contributed by atoms with Crippen LogP contribution in [0.25, 0.3) is 0 Å². The van der Waals surface area contributed by atoms with Gasteiger partial charge in [-0.1, -0.05) is 0 Å². The fourth-order valence-electron chi connectivity index (χ4n) is 1.26. The van der Waals surface area contributed by atoms with Crippen molar-refractivity contribution in [2.75, 3.05) is 5.75 Å². The highest BCUT2D eigenvalue weighted by Gasteiger charge is 2.40. The molecule has 0 aromatic carbocycles. The Morgan fingerprint density at radius 2 is 2.57 bits per heavy atom. The second-order valence-electron chi connectivity index (χ2n) is 3.80. The van der Waals surface area contributed by atoms with Crippen molar-refractivity contribution in [2.24, 2.45) is 0 Å². The normalized spacial score (nSPS) is 24.0. The summed E-state index contributed by atoms with van der Waals surface area (Å²) in [5.41, 5.74) is 0.345. The van der Waals surface area contributed by atoms with Crippen LogP contribution in [0.15, 0.2) is 6.20 Å². The Hall–Kier alpha value is -1.04. The lowest BCUT2D eigenvalue weighted by Gasteiger charge is -2.43. The molecule has 6 heteroatoms. The average Bonchev–Trinajstić information content (AvgIpc) is 2.65. The molecule has 2 N–H and O–H groups in total. The Morgan fingerprint density at radius 3 is 3.00 bits per heavy atom. The first-order chi connectivity index (χ1) is 6.59. The van der Waals surface area contributed by atoms with E-state index in [9.17, 15) is 4.79 Å². The van der Waals surface area contributed by atoms with Gasteiger partial charge in [0.05, 0.1) is 12.2 Å². The maximum Gasteiger partial charge on any atom is 0.273 e. The molecule has 0 saturated carbocycles. The third-order valence-corrected chi connectivity index (χ3v) is 3.94. The lowest BCUT2D eigenvalue weighted by atomic mass is 10.0. The lowest BCUT2D eigenvalue weighted by molar-refractivity contribution is 0.0926. The molecule has 1 aromatic heterocycles. The molecule has 1 aliphatic heterocycles. The van der Waals surface area contributed by atoms with Crippen LogP contribution in [0.3, 0.4) is 0 Å². The van der Waals surface area contributed by atoms with E-state index in [2.05, 4.69) is 34.6 Å². The van der Waals surface area contributed by atoms with Gasteiger partial charge >= 0.3 is 0 Å². The summed E-state index contributed by atoms with van der Waals surface area (Å²) in [6.45, 7) is 4.24. The zero-order valence-electron chi connectivity index (χ0n) is 8.07. The number of H-pyrrole nitrogens is 1. The smallest absolute Gasteiger partial charge is 0.273 e. The summed E-state index contributed by atoms with van der Waals surface area (Å²) < 4.78 is 0.138. The highest BCUT2D eigenvalue weighted by atomic mass is 32.2. The summed E-state index contributed by atoms with van der Waals surface area (Å²) in [6, 6.07) is 0.233. The van der Waals surface area contributed by atoms with Gasteiger partial charge < -0.3 is 5.32 Å². The van der Waals surface area contributed by atoms with Crippen LogP contribution in [0.1, 0.15) is 24.3 Å². The van der Waals surface area contributed by atoms with Crippen LogP contribution in [-0.2, 0) is 0 Å². The molecule has 14 heavy (non-hydrogen) atoms. The molecule has 0 spiro atoms. The largest absolute Gasteiger partial charge is 0.346 e. The number of nitrogens with zero attached hydrogens (tertiary/aromatic N) is 2. The van der Waals surface area contributed by atoms with Gasteiger partial charge in [-0.25, -0.2) is 0 Å². The number of hydrogen-bond donors (Lipinski definition) is 2. The van der Waals surface area contributed by atoms with Gasteiger partial charge in [0.25, 0.3) is 5.91 Å². The van der Waals surface area contributed by atoms with Crippen molar-refractivity contribution in [2.45, 2.75) is 24.6 Å². The maximum absolute atomic E-state index is 11.6. The van der Waals surface area contributed by atoms with Gasteiger partial charge in [0.15, 0.2) is 5.69 Å². The number of carbonyl (C=O) groups is 1. The first-order valence-electron chi connectivity index (χ1n) is 4.40. The number of aromatic amines is 1. The van der Waals surface area contributed by atoms with Gasteiger partial charge in [-0.2, -0.15) is 27.2 Å². The Labute approximate surface area is 86.0 Å². The number of rotatable bonds is 2. The summed E-state index contributed by atoms with van der Waals surface area (Å²) in [6.07, 6.45) is 1.42. The third kappa shape index (κ3) is 1.61. The summed E-state index contributed by atoms with van der Waals surface area (Å²) in [5.74, 6) is 0.813. The van der Waals surface area contributed by atoms with Gasteiger partial charge in [-0.3, -0.25) is 4.79 Å². The van der Waals surface area contributed by atoms with Crippen LogP contribution in [0, 0.1) is 0 Å². The first-order valence-corrected chi connectivity index (χ1v) is 5.39. The highest BCUT2D eigenvalue weighted by molar-refractivity contribution is 8.02. The van der Waals surface area contributed by atoms with E-state index in [0.717, 1.165) is 5.75 Å². The quantitative estimate of drug-likeness (QED) is 0.745. The van der Waals surface area contributed by atoms with Crippen LogP contribution in [-0.4, -0.2) is 37.9 Å². The van der Waals surface area contributed by atoms with E-state index in [-0.39, 0.29) is 16.7 Å². The topological polar surface area (TPSA) is 70.7 Å². The molecular weight excluding hydrogens is 200 g/mol. The van der Waals surface area contributed by atoms with Gasteiger partial charge in [0.2, 0.25) is 0 Å². The zero-order valence-corrected chi connectivity index (χ0v) is 8.89. The van der Waals surface area contributed by atoms with E-state index in [1.807, 2.05) is 11.8 Å². The van der Waals surface area contributed by atoms with E-state index in [1.165, 1.54) is 6.20 Å². The number of carbonyl (C=O) groups excluding carboxylic acids is 1. The van der Waals surface area contributed by atoms with Crippen molar-refractivity contribution in [1.82, 2.24) is 20.7 Å². The van der Waals surface area contributed by atoms with Crippen molar-refractivity contribution in [1.29, 1.82) is 0 Å². The minimum Gasteiger partial charge on any atom is -0.346 e. The average molecular weight is 212 g/mol. The second-order valence-corrected chi connectivity index (χ2v) is 5.47. The number of hydrogen-bond acceptors (Lipinski definition) is 4. The molecule has 1 aromatic rings. The van der Waals surface area contributed by atoms with E-state index in [4.69, 9.17) is 0 Å². The molecule has 2 rings (SSSR count). The fraction of sp³-hybridized carbons (Fsp3) is 0.625. The van der Waals surface area contributed by atoms with Gasteiger partial charge in [-0.15, -0.1) is 0 Å². The van der Waals surface area contributed by atoms with Crippen LogP contribution in [0.5, 0.6) is 0 Å². The van der Waals surface area contributed by atoms with Crippen LogP contribution in [0.4, 0.5) is 0 Å². The van der Waals surface area contributed by atoms with Crippen LogP contribution < -0.4 is 5.32 Å². The SMILES string of the molecule is CC1(C)SCC1NC(=O)c1cn[nH]n1. The number of amides is 1. The summed E-state index contributed by atoms with van der Waals surface area (Å²) in [4.78, 5) is 11.6. The molecule has 0 bridgehead atoms. The molecule has 1 aliphatic rings. The van der Waals surface area contributed by atoms with Crippen molar-refractivity contribution in [3.8, 4) is 0 Å². The van der Waals surface area contributed by atoms with Crippen LogP contribution in [0.2, 0.25) is 0 Å². The minimum absolute atomic E-state index is 0.138. The molecule has 1 atom stereocenters. The molecule has 1 fully saturated rings. The predicted octanol–water partition coefficient (Wildman–Crippen LogP) is 0.428. The maximum atomic E-state index is 11.6. The Morgan fingerprint density at radius 1 is 1.79 bits per heavy atom. The molecule has 0 aliphatic carbocycles. The van der Waals surface area contributed by atoms with Crippen LogP contribution >= 0.6 is 11.8 Å². The van der Waals surface area contributed by atoms with Crippen molar-refractivity contribution < 1.29 is 4.79 Å². The van der Waals surface area contributed by atoms with E-state index in [1.54, 1.807) is 0 Å². The molecule has 2 heterocycles. The lowest BCUT2D eigenvalue weighted by Crippen LogP contribution is -2.56. The predicted molar refractivity (Wildman–Crippen MR) is 54.2 cm³/mol. The van der Waals surface area contributed by atoms with Crippen molar-refractivity contribution >= 4 is 17.7 Å². The Balaban J connectivity index is 1.96. The van der Waals surface area contributed by atoms with E-state index in [0.29, 0.717) is 5.69 Å². The molecule has 1 saturated heterocycles. The minimum atomic E-state index is -0.155. The number of nitrogens with one attached hydrogen (secondary N) is 2. The Bertz CT molecular complexity index is 335. The summed E-state index contributed by atoms with van der Waals surface area (Å²) in [5, 5.41) is 12.7. The zero-order chi connectivity index (χ0) is 10.2. The Kier molecular flexibility index (Phi) is 2.22. The third-order valence-electron chi connectivity index (χ3n) is 2.41. The number of aromatic nitrogens is 3. The second kappa shape index (κ2) is 3.27. The monoisotopic (exact) mass is 212 g/mol. The van der Waals surface area contributed by atoms with E-state index >= 15 is 0 Å². The first kappa shape index (κ1) is 9.51. The highest BCUT2D eigenvalue weighted by Crippen LogP contribution is 2.39. The summed E-state index contributed by atoms with van der Waals surface area (Å²) in [7, 11) is 0. The standard InChI is InChI=1S/C8H12N4OS/c1-8(2)6(4-14-8)10-7(13)5-3-9-12-11-5/h3,6H,4H2,1-2H3,(H,10,13)(H,9,11,12). The molecular formula is C8H12N4OS. The van der Waals surface area contributed by atoms with Gasteiger partial charge in [0, 0.05) is 10.5 Å². The molecule has 76 valence electrons. The van der Waals surface area contributed by atoms with E-state index < -0.39 is 0 Å².